The lowest BCUT2D eigenvalue weighted by Crippen LogP contribution is -2.37. The van der Waals surface area contributed by atoms with Gasteiger partial charge < -0.3 is 36.3 Å². The number of amides is 2. The fourth-order valence-corrected chi connectivity index (χ4v) is 2.35. The Hall–Kier alpha value is -2.74. The van der Waals surface area contributed by atoms with Crippen molar-refractivity contribution in [2.45, 2.75) is 31.5 Å². The molecule has 1 aromatic rings. The van der Waals surface area contributed by atoms with Crippen LogP contribution in [0.15, 0.2) is 11.3 Å². The number of alkyl carbamates (subject to hydrolysis) is 1. The third-order valence-electron chi connectivity index (χ3n) is 3.52. The van der Waals surface area contributed by atoms with E-state index in [4.69, 9.17) is 16.2 Å². The SMILES string of the molecule is CCOC(=O)N/C(N)=N/c1c(C(N)=O)ncn1[C@@H]1O[C@H](CO)[C@@H](O)[C@H]1O. The second kappa shape index (κ2) is 8.09. The molecule has 2 amide bonds. The second-order valence-electron chi connectivity index (χ2n) is 5.26. The normalized spacial score (nSPS) is 25.9. The molecule has 0 aliphatic carbocycles. The molecule has 4 atom stereocenters. The fourth-order valence-electron chi connectivity index (χ4n) is 2.35. The molecule has 0 spiro atoms. The Bertz CT molecular complexity index is 705. The maximum atomic E-state index is 11.6. The molecule has 2 heterocycles. The van der Waals surface area contributed by atoms with Crippen LogP contribution in [-0.4, -0.2) is 74.4 Å². The van der Waals surface area contributed by atoms with E-state index in [0.29, 0.717) is 0 Å². The molecule has 8 N–H and O–H groups in total. The van der Waals surface area contributed by atoms with Crippen molar-refractivity contribution in [1.82, 2.24) is 14.9 Å². The van der Waals surface area contributed by atoms with E-state index in [2.05, 4.69) is 20.0 Å². The van der Waals surface area contributed by atoms with Crippen LogP contribution < -0.4 is 16.8 Å². The summed E-state index contributed by atoms with van der Waals surface area (Å²) < 4.78 is 11.1. The standard InChI is InChI=1S/C13H20N6O7/c1-2-25-13(24)18-12(15)17-10-6(9(14)23)16-4-19(10)11-8(22)7(21)5(3-20)26-11/h4-5,7-8,11,20-22H,2-3H2,1H3,(H2,14,23)(H3,15,17,18,24)/t5-,7-,8-,11-/m1/s1. The zero-order valence-electron chi connectivity index (χ0n) is 13.8. The average Bonchev–Trinajstić information content (AvgIpc) is 3.09. The van der Waals surface area contributed by atoms with Crippen molar-refractivity contribution in [1.29, 1.82) is 0 Å². The average molecular weight is 372 g/mol. The first-order chi connectivity index (χ1) is 12.3. The minimum Gasteiger partial charge on any atom is -0.450 e. The molecule has 2 rings (SSSR count). The lowest BCUT2D eigenvalue weighted by Gasteiger charge is -2.17. The molecule has 1 aliphatic rings. The lowest BCUT2D eigenvalue weighted by molar-refractivity contribution is -0.0519. The summed E-state index contributed by atoms with van der Waals surface area (Å²) in [5.41, 5.74) is 10.5. The van der Waals surface area contributed by atoms with Gasteiger partial charge in [-0.25, -0.2) is 9.78 Å². The highest BCUT2D eigenvalue weighted by Gasteiger charge is 2.44. The molecule has 0 unspecified atom stereocenters. The first-order valence-electron chi connectivity index (χ1n) is 7.57. The van der Waals surface area contributed by atoms with Crippen molar-refractivity contribution in [2.75, 3.05) is 13.2 Å². The molecule has 1 saturated heterocycles. The summed E-state index contributed by atoms with van der Waals surface area (Å²) in [5, 5.41) is 31.3. The number of hydrogen-bond acceptors (Lipinski definition) is 9. The first-order valence-corrected chi connectivity index (χ1v) is 7.57. The Labute approximate surface area is 147 Å². The maximum Gasteiger partial charge on any atom is 0.413 e. The number of imidazole rings is 1. The van der Waals surface area contributed by atoms with Crippen LogP contribution in [0.25, 0.3) is 0 Å². The van der Waals surface area contributed by atoms with Gasteiger partial charge in [0.1, 0.15) is 18.3 Å². The van der Waals surface area contributed by atoms with Crippen molar-refractivity contribution in [2.24, 2.45) is 16.5 Å². The number of ether oxygens (including phenoxy) is 2. The molecule has 0 radical (unpaired) electrons. The van der Waals surface area contributed by atoms with Crippen LogP contribution in [0, 0.1) is 0 Å². The Morgan fingerprint density at radius 3 is 2.65 bits per heavy atom. The summed E-state index contributed by atoms with van der Waals surface area (Å²) in [6, 6.07) is 0. The minimum absolute atomic E-state index is 0.103. The van der Waals surface area contributed by atoms with E-state index in [9.17, 15) is 24.9 Å². The summed E-state index contributed by atoms with van der Waals surface area (Å²) in [4.78, 5) is 30.6. The van der Waals surface area contributed by atoms with Gasteiger partial charge in [-0.2, -0.15) is 4.99 Å². The van der Waals surface area contributed by atoms with Crippen molar-refractivity contribution >= 4 is 23.8 Å². The van der Waals surface area contributed by atoms with Gasteiger partial charge in [-0.3, -0.25) is 14.7 Å². The molecule has 0 aromatic carbocycles. The Morgan fingerprint density at radius 1 is 1.42 bits per heavy atom. The number of carbonyl (C=O) groups excluding carboxylic acids is 2. The van der Waals surface area contributed by atoms with Gasteiger partial charge in [-0.15, -0.1) is 0 Å². The van der Waals surface area contributed by atoms with Crippen molar-refractivity contribution in [3.05, 3.63) is 12.0 Å². The number of aromatic nitrogens is 2. The second-order valence-corrected chi connectivity index (χ2v) is 5.26. The molecule has 26 heavy (non-hydrogen) atoms. The van der Waals surface area contributed by atoms with E-state index in [-0.39, 0.29) is 18.1 Å². The summed E-state index contributed by atoms with van der Waals surface area (Å²) >= 11 is 0. The molecular formula is C13H20N6O7. The van der Waals surface area contributed by atoms with E-state index in [1.54, 1.807) is 6.92 Å². The molecular weight excluding hydrogens is 352 g/mol. The van der Waals surface area contributed by atoms with Crippen LogP contribution in [0.4, 0.5) is 10.6 Å². The van der Waals surface area contributed by atoms with E-state index in [1.807, 2.05) is 0 Å². The molecule has 144 valence electrons. The summed E-state index contributed by atoms with van der Waals surface area (Å²) in [6.07, 6.45) is -4.88. The number of aliphatic hydroxyl groups excluding tert-OH is 3. The molecule has 0 saturated carbocycles. The maximum absolute atomic E-state index is 11.6. The van der Waals surface area contributed by atoms with Gasteiger partial charge in [0.05, 0.1) is 19.5 Å². The number of carbonyl (C=O) groups is 2. The van der Waals surface area contributed by atoms with Crippen LogP contribution in [0.2, 0.25) is 0 Å². The number of aliphatic imine (C=N–C) groups is 1. The van der Waals surface area contributed by atoms with Crippen molar-refractivity contribution < 1.29 is 34.4 Å². The molecule has 0 bridgehead atoms. The third kappa shape index (κ3) is 3.91. The van der Waals surface area contributed by atoms with Gasteiger partial charge >= 0.3 is 6.09 Å². The summed E-state index contributed by atoms with van der Waals surface area (Å²) in [6.45, 7) is 1.15. The Balaban J connectivity index is 2.37. The smallest absolute Gasteiger partial charge is 0.413 e. The minimum atomic E-state index is -1.45. The van der Waals surface area contributed by atoms with Gasteiger partial charge in [0.25, 0.3) is 5.91 Å². The van der Waals surface area contributed by atoms with Crippen LogP contribution in [0.5, 0.6) is 0 Å². The van der Waals surface area contributed by atoms with Crippen molar-refractivity contribution in [3.8, 4) is 0 Å². The number of nitrogens with zero attached hydrogens (tertiary/aromatic N) is 3. The third-order valence-corrected chi connectivity index (χ3v) is 3.52. The molecule has 1 aliphatic heterocycles. The molecule has 13 heteroatoms. The quantitative estimate of drug-likeness (QED) is 0.234. The van der Waals surface area contributed by atoms with Crippen LogP contribution in [0.1, 0.15) is 23.6 Å². The van der Waals surface area contributed by atoms with Gasteiger partial charge in [-0.1, -0.05) is 0 Å². The largest absolute Gasteiger partial charge is 0.450 e. The van der Waals surface area contributed by atoms with Crippen LogP contribution in [0.3, 0.4) is 0 Å². The number of nitrogens with one attached hydrogen (secondary N) is 1. The van der Waals surface area contributed by atoms with Gasteiger partial charge in [0, 0.05) is 0 Å². The highest BCUT2D eigenvalue weighted by molar-refractivity contribution is 5.98. The van der Waals surface area contributed by atoms with E-state index in [1.165, 1.54) is 0 Å². The zero-order chi connectivity index (χ0) is 19.4. The number of primary amides is 1. The van der Waals surface area contributed by atoms with Crippen LogP contribution in [-0.2, 0) is 9.47 Å². The highest BCUT2D eigenvalue weighted by atomic mass is 16.6. The van der Waals surface area contributed by atoms with Crippen molar-refractivity contribution in [3.63, 3.8) is 0 Å². The number of aliphatic hydroxyl groups is 3. The predicted octanol–water partition coefficient (Wildman–Crippen LogP) is -2.71. The number of rotatable bonds is 5. The molecule has 1 aromatic heterocycles. The van der Waals surface area contributed by atoms with E-state index >= 15 is 0 Å². The fraction of sp³-hybridized carbons (Fsp3) is 0.538. The first kappa shape index (κ1) is 19.6. The van der Waals surface area contributed by atoms with Gasteiger partial charge in [0.15, 0.2) is 17.7 Å². The van der Waals surface area contributed by atoms with E-state index < -0.39 is 49.1 Å². The van der Waals surface area contributed by atoms with E-state index in [0.717, 1.165) is 10.9 Å². The lowest BCUT2D eigenvalue weighted by atomic mass is 10.1. The van der Waals surface area contributed by atoms with Gasteiger partial charge in [0.2, 0.25) is 5.96 Å². The van der Waals surface area contributed by atoms with Crippen LogP contribution >= 0.6 is 0 Å². The molecule has 1 fully saturated rings. The number of guanidine groups is 1. The predicted molar refractivity (Wildman–Crippen MR) is 85.2 cm³/mol. The number of nitrogens with two attached hydrogens (primary N) is 2. The molecule has 13 nitrogen and oxygen atoms in total. The Morgan fingerprint density at radius 2 is 2.12 bits per heavy atom. The topological polar surface area (TPSA) is 208 Å². The summed E-state index contributed by atoms with van der Waals surface area (Å²) in [5.74, 6) is -1.60. The number of hydrogen-bond donors (Lipinski definition) is 6. The zero-order valence-corrected chi connectivity index (χ0v) is 13.8. The highest BCUT2D eigenvalue weighted by Crippen LogP contribution is 2.33. The summed E-state index contributed by atoms with van der Waals surface area (Å²) in [7, 11) is 0. The van der Waals surface area contributed by atoms with Gasteiger partial charge in [-0.05, 0) is 6.92 Å². The monoisotopic (exact) mass is 372 g/mol. The Kier molecular flexibility index (Phi) is 6.10.